The number of rotatable bonds is 6. The highest BCUT2D eigenvalue weighted by Crippen LogP contribution is 2.24. The van der Waals surface area contributed by atoms with Gasteiger partial charge in [-0.25, -0.2) is 4.98 Å². The zero-order valence-corrected chi connectivity index (χ0v) is 17.8. The van der Waals surface area contributed by atoms with Crippen molar-refractivity contribution in [3.8, 4) is 6.07 Å². The predicted molar refractivity (Wildman–Crippen MR) is 124 cm³/mol. The quantitative estimate of drug-likeness (QED) is 0.405. The SMILES string of the molecule is Cc1cccc(NC(=S)NCCCNc2nc3c(C)cc(C)cc3cc2C#N)c1. The third-order valence-electron chi connectivity index (χ3n) is 4.58. The summed E-state index contributed by atoms with van der Waals surface area (Å²) in [4.78, 5) is 4.69. The molecule has 1 heterocycles. The van der Waals surface area contributed by atoms with Crippen molar-refractivity contribution >= 4 is 39.7 Å². The zero-order valence-electron chi connectivity index (χ0n) is 17.0. The number of nitrogens with one attached hydrogen (secondary N) is 3. The largest absolute Gasteiger partial charge is 0.369 e. The molecular formula is C23H25N5S. The molecule has 3 N–H and O–H groups in total. The first-order valence-electron chi connectivity index (χ1n) is 9.64. The van der Waals surface area contributed by atoms with Gasteiger partial charge in [-0.2, -0.15) is 5.26 Å². The maximum atomic E-state index is 9.48. The van der Waals surface area contributed by atoms with Crippen molar-refractivity contribution in [1.82, 2.24) is 10.3 Å². The Balaban J connectivity index is 1.53. The molecule has 29 heavy (non-hydrogen) atoms. The van der Waals surface area contributed by atoms with Gasteiger partial charge in [0.25, 0.3) is 0 Å². The van der Waals surface area contributed by atoms with E-state index in [1.165, 1.54) is 11.1 Å². The molecule has 148 valence electrons. The van der Waals surface area contributed by atoms with Crippen molar-refractivity contribution in [2.45, 2.75) is 27.2 Å². The lowest BCUT2D eigenvalue weighted by Crippen LogP contribution is -2.30. The van der Waals surface area contributed by atoms with Gasteiger partial charge in [-0.05, 0) is 74.8 Å². The van der Waals surface area contributed by atoms with Gasteiger partial charge in [-0.3, -0.25) is 0 Å². The molecular weight excluding hydrogens is 378 g/mol. The minimum absolute atomic E-state index is 0.562. The lowest BCUT2D eigenvalue weighted by molar-refractivity contribution is 0.807. The molecule has 0 fully saturated rings. The Kier molecular flexibility index (Phi) is 6.63. The average molecular weight is 404 g/mol. The number of hydrogen-bond donors (Lipinski definition) is 3. The fraction of sp³-hybridized carbons (Fsp3) is 0.261. The normalized spacial score (nSPS) is 10.4. The fourth-order valence-corrected chi connectivity index (χ4v) is 3.49. The molecule has 0 bridgehead atoms. The van der Waals surface area contributed by atoms with Crippen LogP contribution in [-0.2, 0) is 0 Å². The molecule has 0 saturated heterocycles. The molecule has 3 aromatic rings. The molecule has 1 aromatic heterocycles. The topological polar surface area (TPSA) is 72.8 Å². The predicted octanol–water partition coefficient (Wildman–Crippen LogP) is 4.82. The van der Waals surface area contributed by atoms with E-state index in [1.807, 2.05) is 44.2 Å². The summed E-state index contributed by atoms with van der Waals surface area (Å²) >= 11 is 5.34. The number of hydrogen-bond acceptors (Lipinski definition) is 4. The van der Waals surface area contributed by atoms with Gasteiger partial charge in [-0.15, -0.1) is 0 Å². The summed E-state index contributed by atoms with van der Waals surface area (Å²) in [5.74, 6) is 0.632. The molecule has 0 aliphatic heterocycles. The number of pyridine rings is 1. The Morgan fingerprint density at radius 3 is 2.66 bits per heavy atom. The third-order valence-corrected chi connectivity index (χ3v) is 4.83. The first kappa shape index (κ1) is 20.6. The number of thiocarbonyl (C=S) groups is 1. The van der Waals surface area contributed by atoms with Gasteiger partial charge < -0.3 is 16.0 Å². The van der Waals surface area contributed by atoms with Crippen LogP contribution in [0.1, 0.15) is 28.7 Å². The van der Waals surface area contributed by atoms with Crippen LogP contribution in [0.5, 0.6) is 0 Å². The van der Waals surface area contributed by atoms with E-state index in [4.69, 9.17) is 17.2 Å². The second kappa shape index (κ2) is 9.35. The van der Waals surface area contributed by atoms with E-state index in [0.29, 0.717) is 23.0 Å². The summed E-state index contributed by atoms with van der Waals surface area (Å²) in [6, 6.07) is 16.4. The van der Waals surface area contributed by atoms with Crippen LogP contribution >= 0.6 is 12.2 Å². The van der Waals surface area contributed by atoms with Gasteiger partial charge in [0, 0.05) is 24.2 Å². The molecule has 2 aromatic carbocycles. The molecule has 0 aliphatic carbocycles. The molecule has 5 nitrogen and oxygen atoms in total. The minimum Gasteiger partial charge on any atom is -0.369 e. The van der Waals surface area contributed by atoms with Gasteiger partial charge in [0.2, 0.25) is 0 Å². The number of anilines is 2. The highest BCUT2D eigenvalue weighted by molar-refractivity contribution is 7.80. The Hall–Kier alpha value is -3.17. The van der Waals surface area contributed by atoms with E-state index in [2.05, 4.69) is 41.1 Å². The summed E-state index contributed by atoms with van der Waals surface area (Å²) in [5, 5.41) is 20.8. The number of fused-ring (bicyclic) bond motifs is 1. The number of benzene rings is 2. The van der Waals surface area contributed by atoms with Crippen molar-refractivity contribution < 1.29 is 0 Å². The van der Waals surface area contributed by atoms with Gasteiger partial charge >= 0.3 is 0 Å². The van der Waals surface area contributed by atoms with Crippen LogP contribution < -0.4 is 16.0 Å². The van der Waals surface area contributed by atoms with Crippen molar-refractivity contribution in [2.24, 2.45) is 0 Å². The van der Waals surface area contributed by atoms with Gasteiger partial charge in [-0.1, -0.05) is 23.8 Å². The second-order valence-electron chi connectivity index (χ2n) is 7.18. The Bertz CT molecular complexity index is 1080. The van der Waals surface area contributed by atoms with Gasteiger partial charge in [0.05, 0.1) is 11.1 Å². The highest BCUT2D eigenvalue weighted by atomic mass is 32.1. The van der Waals surface area contributed by atoms with E-state index in [1.54, 1.807) is 0 Å². The first-order chi connectivity index (χ1) is 14.0. The first-order valence-corrected chi connectivity index (χ1v) is 10.0. The standard InChI is InChI=1S/C23H25N5S/c1-15-6-4-7-20(12-15)27-23(29)26-9-5-8-25-22-19(14-24)13-18-11-16(2)10-17(3)21(18)28-22/h4,6-7,10-13H,5,8-9H2,1-3H3,(H,25,28)(H2,26,27,29). The van der Waals surface area contributed by atoms with Crippen LogP contribution in [0, 0.1) is 32.1 Å². The molecule has 0 amide bonds. The van der Waals surface area contributed by atoms with E-state index >= 15 is 0 Å². The fourth-order valence-electron chi connectivity index (χ4n) is 3.27. The third kappa shape index (κ3) is 5.43. The number of aromatic nitrogens is 1. The van der Waals surface area contributed by atoms with E-state index < -0.39 is 0 Å². The van der Waals surface area contributed by atoms with Crippen LogP contribution in [-0.4, -0.2) is 23.2 Å². The lowest BCUT2D eigenvalue weighted by atomic mass is 10.1. The summed E-state index contributed by atoms with van der Waals surface area (Å²) in [5.41, 5.74) is 5.93. The monoisotopic (exact) mass is 403 g/mol. The zero-order chi connectivity index (χ0) is 20.8. The molecule has 0 aliphatic rings. The number of nitriles is 1. The van der Waals surface area contributed by atoms with Crippen LogP contribution in [0.15, 0.2) is 42.5 Å². The van der Waals surface area contributed by atoms with E-state index in [-0.39, 0.29) is 0 Å². The lowest BCUT2D eigenvalue weighted by Gasteiger charge is -2.13. The summed E-state index contributed by atoms with van der Waals surface area (Å²) < 4.78 is 0. The van der Waals surface area contributed by atoms with E-state index in [9.17, 15) is 5.26 Å². The highest BCUT2D eigenvalue weighted by Gasteiger charge is 2.09. The molecule has 0 unspecified atom stereocenters. The molecule has 3 rings (SSSR count). The van der Waals surface area contributed by atoms with Crippen molar-refractivity contribution in [3.05, 3.63) is 64.7 Å². The summed E-state index contributed by atoms with van der Waals surface area (Å²) in [6.07, 6.45) is 0.840. The second-order valence-corrected chi connectivity index (χ2v) is 7.59. The number of aryl methyl sites for hydroxylation is 3. The van der Waals surface area contributed by atoms with Crippen LogP contribution in [0.25, 0.3) is 10.9 Å². The Morgan fingerprint density at radius 2 is 1.90 bits per heavy atom. The molecule has 0 radical (unpaired) electrons. The van der Waals surface area contributed by atoms with Crippen LogP contribution in [0.3, 0.4) is 0 Å². The van der Waals surface area contributed by atoms with Crippen molar-refractivity contribution in [2.75, 3.05) is 23.7 Å². The van der Waals surface area contributed by atoms with E-state index in [0.717, 1.165) is 35.1 Å². The van der Waals surface area contributed by atoms with Crippen LogP contribution in [0.2, 0.25) is 0 Å². The van der Waals surface area contributed by atoms with Crippen molar-refractivity contribution in [1.29, 1.82) is 5.26 Å². The van der Waals surface area contributed by atoms with Crippen molar-refractivity contribution in [3.63, 3.8) is 0 Å². The molecule has 0 spiro atoms. The number of nitrogens with zero attached hydrogens (tertiary/aromatic N) is 2. The Labute approximate surface area is 177 Å². The molecule has 6 heteroatoms. The summed E-state index contributed by atoms with van der Waals surface area (Å²) in [6.45, 7) is 7.56. The van der Waals surface area contributed by atoms with Crippen LogP contribution in [0.4, 0.5) is 11.5 Å². The van der Waals surface area contributed by atoms with Gasteiger partial charge in [0.15, 0.2) is 5.11 Å². The molecule has 0 saturated carbocycles. The average Bonchev–Trinajstić information content (AvgIpc) is 2.67. The molecule has 0 atom stereocenters. The Morgan fingerprint density at radius 1 is 1.07 bits per heavy atom. The smallest absolute Gasteiger partial charge is 0.170 e. The maximum Gasteiger partial charge on any atom is 0.170 e. The van der Waals surface area contributed by atoms with Gasteiger partial charge in [0.1, 0.15) is 11.9 Å². The maximum absolute atomic E-state index is 9.48. The minimum atomic E-state index is 0.562. The summed E-state index contributed by atoms with van der Waals surface area (Å²) in [7, 11) is 0.